The van der Waals surface area contributed by atoms with E-state index in [1.54, 1.807) is 24.4 Å². The Balaban J connectivity index is 1.80. The van der Waals surface area contributed by atoms with Crippen molar-refractivity contribution in [2.75, 3.05) is 10.6 Å². The van der Waals surface area contributed by atoms with Crippen LogP contribution in [0.15, 0.2) is 48.8 Å². The number of aromatic nitrogens is 3. The fourth-order valence-corrected chi connectivity index (χ4v) is 2.17. The molecule has 0 fully saturated rings. The molecule has 0 unspecified atom stereocenters. The molecule has 2 heterocycles. The standard InChI is InChI=1S/C17H14F2N6/c18-13-3-4-14(19)11(6-13)9-21-15-7-17(22-10-12(15)8-20)24-16-2-1-5-23-25-16/h1-8,10,20H,9H2,(H2,21,22,24,25). The van der Waals surface area contributed by atoms with Gasteiger partial charge in [-0.3, -0.25) is 0 Å². The lowest BCUT2D eigenvalue weighted by atomic mass is 10.2. The molecule has 0 saturated heterocycles. The molecule has 0 aliphatic heterocycles. The van der Waals surface area contributed by atoms with Crippen LogP contribution in [0.4, 0.5) is 26.1 Å². The van der Waals surface area contributed by atoms with Crippen LogP contribution in [-0.4, -0.2) is 21.4 Å². The van der Waals surface area contributed by atoms with Crippen LogP contribution < -0.4 is 10.6 Å². The van der Waals surface area contributed by atoms with E-state index in [-0.39, 0.29) is 12.1 Å². The predicted octanol–water partition coefficient (Wildman–Crippen LogP) is 3.50. The summed E-state index contributed by atoms with van der Waals surface area (Å²) in [5.74, 6) is -0.0180. The quantitative estimate of drug-likeness (QED) is 0.598. The fraction of sp³-hybridized carbons (Fsp3) is 0.0588. The molecule has 0 radical (unpaired) electrons. The van der Waals surface area contributed by atoms with Crippen molar-refractivity contribution in [2.24, 2.45) is 0 Å². The zero-order valence-electron chi connectivity index (χ0n) is 13.0. The van der Waals surface area contributed by atoms with E-state index in [9.17, 15) is 8.78 Å². The van der Waals surface area contributed by atoms with Crippen molar-refractivity contribution < 1.29 is 8.78 Å². The largest absolute Gasteiger partial charge is 0.380 e. The molecular weight excluding hydrogens is 326 g/mol. The highest BCUT2D eigenvalue weighted by molar-refractivity contribution is 5.86. The normalized spacial score (nSPS) is 10.3. The SMILES string of the molecule is N=Cc1cnc(Nc2cccnn2)cc1NCc1cc(F)ccc1F. The number of nitrogens with zero attached hydrogens (tertiary/aromatic N) is 3. The van der Waals surface area contributed by atoms with Crippen molar-refractivity contribution in [1.82, 2.24) is 15.2 Å². The monoisotopic (exact) mass is 340 g/mol. The van der Waals surface area contributed by atoms with Gasteiger partial charge in [-0.05, 0) is 30.3 Å². The topological polar surface area (TPSA) is 86.6 Å². The Morgan fingerprint density at radius 3 is 2.76 bits per heavy atom. The second-order valence-corrected chi connectivity index (χ2v) is 5.12. The predicted molar refractivity (Wildman–Crippen MR) is 91.1 cm³/mol. The van der Waals surface area contributed by atoms with Gasteiger partial charge in [-0.1, -0.05) is 0 Å². The number of rotatable bonds is 6. The number of pyridine rings is 1. The Hall–Kier alpha value is -3.42. The molecule has 0 atom stereocenters. The Kier molecular flexibility index (Phi) is 4.89. The highest BCUT2D eigenvalue weighted by Crippen LogP contribution is 2.21. The maximum atomic E-state index is 13.7. The molecule has 0 saturated carbocycles. The maximum absolute atomic E-state index is 13.7. The minimum Gasteiger partial charge on any atom is -0.380 e. The van der Waals surface area contributed by atoms with Crippen molar-refractivity contribution in [3.8, 4) is 0 Å². The summed E-state index contributed by atoms with van der Waals surface area (Å²) < 4.78 is 27.0. The summed E-state index contributed by atoms with van der Waals surface area (Å²) >= 11 is 0. The van der Waals surface area contributed by atoms with Crippen molar-refractivity contribution in [3.63, 3.8) is 0 Å². The lowest BCUT2D eigenvalue weighted by molar-refractivity contribution is 0.587. The Labute approximate surface area is 142 Å². The van der Waals surface area contributed by atoms with Crippen LogP contribution in [0.2, 0.25) is 0 Å². The first-order valence-corrected chi connectivity index (χ1v) is 7.39. The Morgan fingerprint density at radius 1 is 1.12 bits per heavy atom. The van der Waals surface area contributed by atoms with E-state index < -0.39 is 11.6 Å². The van der Waals surface area contributed by atoms with E-state index in [0.29, 0.717) is 22.9 Å². The number of hydrogen-bond acceptors (Lipinski definition) is 6. The van der Waals surface area contributed by atoms with Gasteiger partial charge < -0.3 is 16.0 Å². The fourth-order valence-electron chi connectivity index (χ4n) is 2.17. The summed E-state index contributed by atoms with van der Waals surface area (Å²) in [6.45, 7) is 0.0685. The van der Waals surface area contributed by atoms with Crippen molar-refractivity contribution >= 4 is 23.5 Å². The van der Waals surface area contributed by atoms with E-state index in [4.69, 9.17) is 5.41 Å². The van der Waals surface area contributed by atoms with Gasteiger partial charge >= 0.3 is 0 Å². The van der Waals surface area contributed by atoms with Crippen molar-refractivity contribution in [2.45, 2.75) is 6.54 Å². The van der Waals surface area contributed by atoms with E-state index >= 15 is 0 Å². The summed E-state index contributed by atoms with van der Waals surface area (Å²) in [6.07, 6.45) is 4.18. The van der Waals surface area contributed by atoms with Gasteiger partial charge in [-0.25, -0.2) is 13.8 Å². The third-order valence-corrected chi connectivity index (χ3v) is 3.40. The van der Waals surface area contributed by atoms with Gasteiger partial charge in [0.05, 0.1) is 0 Å². The highest BCUT2D eigenvalue weighted by atomic mass is 19.1. The van der Waals surface area contributed by atoms with Crippen LogP contribution >= 0.6 is 0 Å². The average Bonchev–Trinajstić information content (AvgIpc) is 2.63. The number of benzene rings is 1. The highest BCUT2D eigenvalue weighted by Gasteiger charge is 2.08. The molecule has 2 aromatic heterocycles. The molecule has 6 nitrogen and oxygen atoms in total. The van der Waals surface area contributed by atoms with E-state index in [1.807, 2.05) is 0 Å². The molecule has 1 aromatic carbocycles. The van der Waals surface area contributed by atoms with Gasteiger partial charge in [-0.15, -0.1) is 5.10 Å². The molecule has 8 heteroatoms. The third-order valence-electron chi connectivity index (χ3n) is 3.40. The van der Waals surface area contributed by atoms with Crippen LogP contribution in [0.25, 0.3) is 0 Å². The number of anilines is 3. The lowest BCUT2D eigenvalue weighted by Crippen LogP contribution is -2.06. The number of halogens is 2. The lowest BCUT2D eigenvalue weighted by Gasteiger charge is -2.12. The van der Waals surface area contributed by atoms with Gasteiger partial charge in [0, 0.05) is 48.0 Å². The molecule has 126 valence electrons. The second kappa shape index (κ2) is 7.43. The minimum absolute atomic E-state index is 0.0685. The van der Waals surface area contributed by atoms with Crippen LogP contribution in [0.3, 0.4) is 0 Å². The third kappa shape index (κ3) is 4.11. The molecule has 0 aliphatic carbocycles. The van der Waals surface area contributed by atoms with Gasteiger partial charge in [0.1, 0.15) is 17.5 Å². The first-order valence-electron chi connectivity index (χ1n) is 7.39. The van der Waals surface area contributed by atoms with Crippen LogP contribution in [0, 0.1) is 17.0 Å². The molecule has 0 aliphatic rings. The summed E-state index contributed by atoms with van der Waals surface area (Å²) in [5, 5.41) is 21.1. The molecule has 25 heavy (non-hydrogen) atoms. The van der Waals surface area contributed by atoms with Crippen LogP contribution in [-0.2, 0) is 6.54 Å². The summed E-state index contributed by atoms with van der Waals surface area (Å²) in [7, 11) is 0. The average molecular weight is 340 g/mol. The molecule has 0 spiro atoms. The summed E-state index contributed by atoms with van der Waals surface area (Å²) in [4.78, 5) is 4.19. The van der Waals surface area contributed by atoms with Gasteiger partial charge in [-0.2, -0.15) is 5.10 Å². The Morgan fingerprint density at radius 2 is 2.00 bits per heavy atom. The molecule has 3 N–H and O–H groups in total. The second-order valence-electron chi connectivity index (χ2n) is 5.12. The van der Waals surface area contributed by atoms with Crippen molar-refractivity contribution in [1.29, 1.82) is 5.41 Å². The first kappa shape index (κ1) is 16.4. The van der Waals surface area contributed by atoms with Crippen molar-refractivity contribution in [3.05, 3.63) is 71.6 Å². The summed E-state index contributed by atoms with van der Waals surface area (Å²) in [6, 6.07) is 8.40. The van der Waals surface area contributed by atoms with Crippen LogP contribution in [0.5, 0.6) is 0 Å². The summed E-state index contributed by atoms with van der Waals surface area (Å²) in [5.41, 5.74) is 1.26. The Bertz CT molecular complexity index is 886. The molecule has 3 aromatic rings. The zero-order valence-corrected chi connectivity index (χ0v) is 13.0. The first-order chi connectivity index (χ1) is 12.2. The minimum atomic E-state index is -0.509. The molecule has 0 amide bonds. The smallest absolute Gasteiger partial charge is 0.154 e. The zero-order chi connectivity index (χ0) is 17.6. The van der Waals surface area contributed by atoms with Gasteiger partial charge in [0.2, 0.25) is 0 Å². The maximum Gasteiger partial charge on any atom is 0.154 e. The molecule has 0 bridgehead atoms. The number of hydrogen-bond donors (Lipinski definition) is 3. The molecular formula is C17H14F2N6. The van der Waals surface area contributed by atoms with Crippen LogP contribution in [0.1, 0.15) is 11.1 Å². The molecule has 3 rings (SSSR count). The van der Waals surface area contributed by atoms with Gasteiger partial charge in [0.15, 0.2) is 5.82 Å². The van der Waals surface area contributed by atoms with Gasteiger partial charge in [0.25, 0.3) is 0 Å². The van der Waals surface area contributed by atoms with E-state index in [1.165, 1.54) is 6.20 Å². The van der Waals surface area contributed by atoms with E-state index in [0.717, 1.165) is 24.4 Å². The number of nitrogens with one attached hydrogen (secondary N) is 3. The van der Waals surface area contributed by atoms with E-state index in [2.05, 4.69) is 25.8 Å².